The minimum atomic E-state index is -0.491. The SMILES string of the molecule is CC(C)C[C@H](PCP=N)[C@H]1OC2(CCCCC2)OCC1=O. The van der Waals surface area contributed by atoms with Crippen molar-refractivity contribution in [1.29, 1.82) is 5.16 Å². The van der Waals surface area contributed by atoms with Gasteiger partial charge in [-0.05, 0) is 25.2 Å². The zero-order valence-corrected chi connectivity index (χ0v) is 15.0. The summed E-state index contributed by atoms with van der Waals surface area (Å²) in [6.45, 7) is 4.59. The molecule has 1 N–H and O–H groups in total. The molecule has 0 amide bonds. The summed E-state index contributed by atoms with van der Waals surface area (Å²) in [6, 6.07) is 0. The molecule has 0 radical (unpaired) electrons. The van der Waals surface area contributed by atoms with Crippen molar-refractivity contribution >= 4 is 22.7 Å². The van der Waals surface area contributed by atoms with Crippen LogP contribution in [-0.4, -0.2) is 35.8 Å². The largest absolute Gasteiger partial charge is 0.342 e. The fourth-order valence-corrected chi connectivity index (χ4v) is 5.67. The average Bonchev–Trinajstić information content (AvgIpc) is 2.47. The first kappa shape index (κ1) is 17.5. The number of ether oxygens (including phenoxy) is 2. The molecule has 0 aromatic heterocycles. The van der Waals surface area contributed by atoms with Crippen LogP contribution in [0.5, 0.6) is 0 Å². The van der Waals surface area contributed by atoms with E-state index < -0.39 is 5.79 Å². The van der Waals surface area contributed by atoms with Crippen LogP contribution in [0.25, 0.3) is 0 Å². The summed E-state index contributed by atoms with van der Waals surface area (Å²) in [6.07, 6.45) is 6.03. The lowest BCUT2D eigenvalue weighted by molar-refractivity contribution is -0.288. The molecule has 0 aromatic rings. The second kappa shape index (κ2) is 8.11. The molecule has 1 saturated heterocycles. The fraction of sp³-hybridized carbons (Fsp3) is 0.933. The molecule has 0 aromatic carbocycles. The topological polar surface area (TPSA) is 59.4 Å². The highest BCUT2D eigenvalue weighted by atomic mass is 31.1. The van der Waals surface area contributed by atoms with Crippen LogP contribution in [0.1, 0.15) is 52.4 Å². The van der Waals surface area contributed by atoms with Gasteiger partial charge in [0.25, 0.3) is 0 Å². The number of hydrogen-bond acceptors (Lipinski definition) is 4. The molecule has 1 aliphatic carbocycles. The van der Waals surface area contributed by atoms with Crippen LogP contribution < -0.4 is 0 Å². The highest BCUT2D eigenvalue weighted by molar-refractivity contribution is 7.51. The number of carbonyl (C=O) groups is 1. The first-order valence-electron chi connectivity index (χ1n) is 7.97. The highest BCUT2D eigenvalue weighted by Gasteiger charge is 2.45. The van der Waals surface area contributed by atoms with Gasteiger partial charge in [0, 0.05) is 32.8 Å². The molecular formula is C15H27NO3P2. The van der Waals surface area contributed by atoms with Gasteiger partial charge in [0.1, 0.15) is 12.7 Å². The molecule has 120 valence electrons. The maximum Gasteiger partial charge on any atom is 0.187 e. The third kappa shape index (κ3) is 4.79. The zero-order valence-electron chi connectivity index (χ0n) is 13.1. The molecule has 1 unspecified atom stereocenters. The van der Waals surface area contributed by atoms with Crippen LogP contribution in [0.2, 0.25) is 0 Å². The number of rotatable bonds is 6. The molecule has 2 fully saturated rings. The molecule has 21 heavy (non-hydrogen) atoms. The van der Waals surface area contributed by atoms with Gasteiger partial charge in [-0.15, -0.1) is 8.58 Å². The van der Waals surface area contributed by atoms with E-state index in [0.717, 1.165) is 38.0 Å². The van der Waals surface area contributed by atoms with Gasteiger partial charge in [-0.2, -0.15) is 0 Å². The van der Waals surface area contributed by atoms with Crippen molar-refractivity contribution < 1.29 is 14.3 Å². The van der Waals surface area contributed by atoms with Crippen LogP contribution in [0.15, 0.2) is 0 Å². The Hall–Kier alpha value is 0.120. The Balaban J connectivity index is 2.07. The van der Waals surface area contributed by atoms with Crippen molar-refractivity contribution in [2.75, 3.05) is 12.5 Å². The van der Waals surface area contributed by atoms with E-state index in [0.29, 0.717) is 22.9 Å². The summed E-state index contributed by atoms with van der Waals surface area (Å²) >= 11 is 0. The van der Waals surface area contributed by atoms with E-state index in [4.69, 9.17) is 14.6 Å². The molecule has 0 bridgehead atoms. The van der Waals surface area contributed by atoms with Gasteiger partial charge in [0.2, 0.25) is 0 Å². The molecule has 2 aliphatic rings. The van der Waals surface area contributed by atoms with Crippen molar-refractivity contribution in [3.05, 3.63) is 0 Å². The lowest BCUT2D eigenvalue weighted by Gasteiger charge is -2.44. The average molecular weight is 331 g/mol. The van der Waals surface area contributed by atoms with Crippen LogP contribution in [0.3, 0.4) is 0 Å². The van der Waals surface area contributed by atoms with E-state index in [2.05, 4.69) is 13.8 Å². The third-order valence-corrected chi connectivity index (χ3v) is 6.70. The van der Waals surface area contributed by atoms with Crippen LogP contribution in [0, 0.1) is 11.1 Å². The van der Waals surface area contributed by atoms with Crippen LogP contribution in [-0.2, 0) is 14.3 Å². The molecule has 1 spiro atoms. The standard InChI is InChI=1S/C15H27NO3P2/c1-11(2)8-13(20-10-21-16)14-12(17)9-18-15(19-14)6-4-3-5-7-15/h11,13-14,16,20H,3-10H2,1-2H3/t13-,14-/m0/s1. The van der Waals surface area contributed by atoms with Gasteiger partial charge >= 0.3 is 0 Å². The predicted molar refractivity (Wildman–Crippen MR) is 87.7 cm³/mol. The quantitative estimate of drug-likeness (QED) is 0.734. The zero-order chi connectivity index (χ0) is 15.3. The van der Waals surface area contributed by atoms with E-state index in [1.807, 2.05) is 0 Å². The van der Waals surface area contributed by atoms with E-state index >= 15 is 0 Å². The molecule has 2 rings (SSSR count). The Kier molecular flexibility index (Phi) is 6.75. The Morgan fingerprint density at radius 3 is 2.71 bits per heavy atom. The lowest BCUT2D eigenvalue weighted by atomic mass is 9.92. The van der Waals surface area contributed by atoms with E-state index in [1.165, 1.54) is 6.42 Å². The summed E-state index contributed by atoms with van der Waals surface area (Å²) < 4.78 is 12.1. The van der Waals surface area contributed by atoms with Gasteiger partial charge in [-0.3, -0.25) is 9.96 Å². The second-order valence-corrected chi connectivity index (χ2v) is 9.25. The monoisotopic (exact) mass is 331 g/mol. The Bertz CT molecular complexity index is 370. The van der Waals surface area contributed by atoms with Gasteiger partial charge in [-0.1, -0.05) is 20.3 Å². The molecule has 6 heteroatoms. The van der Waals surface area contributed by atoms with Crippen molar-refractivity contribution in [3.63, 3.8) is 0 Å². The molecule has 4 nitrogen and oxygen atoms in total. The maximum atomic E-state index is 12.3. The maximum absolute atomic E-state index is 12.3. The Morgan fingerprint density at radius 1 is 1.38 bits per heavy atom. The van der Waals surface area contributed by atoms with Gasteiger partial charge < -0.3 is 9.47 Å². The van der Waals surface area contributed by atoms with E-state index in [1.54, 1.807) is 0 Å². The summed E-state index contributed by atoms with van der Waals surface area (Å²) in [5.74, 6) is 1.01. The third-order valence-electron chi connectivity index (χ3n) is 4.28. The number of carbonyl (C=O) groups excluding carboxylic acids is 1. The summed E-state index contributed by atoms with van der Waals surface area (Å²) in [5, 5.41) is 7.36. The summed E-state index contributed by atoms with van der Waals surface area (Å²) in [4.78, 5) is 12.3. The van der Waals surface area contributed by atoms with Crippen molar-refractivity contribution in [2.45, 2.75) is 69.9 Å². The Labute approximate surface area is 131 Å². The lowest BCUT2D eigenvalue weighted by Crippen LogP contribution is -2.53. The van der Waals surface area contributed by atoms with Crippen molar-refractivity contribution in [1.82, 2.24) is 0 Å². The number of nitrogens with one attached hydrogen (secondary N) is 1. The number of hydrogen-bond donors (Lipinski definition) is 1. The van der Waals surface area contributed by atoms with E-state index in [-0.39, 0.29) is 24.2 Å². The smallest absolute Gasteiger partial charge is 0.187 e. The van der Waals surface area contributed by atoms with Crippen LogP contribution >= 0.6 is 17.0 Å². The molecule has 1 aliphatic heterocycles. The molecule has 3 atom stereocenters. The first-order valence-corrected chi connectivity index (χ1v) is 10.3. The predicted octanol–water partition coefficient (Wildman–Crippen LogP) is 4.39. The highest BCUT2D eigenvalue weighted by Crippen LogP contribution is 2.41. The van der Waals surface area contributed by atoms with Gasteiger partial charge in [-0.25, -0.2) is 0 Å². The first-order chi connectivity index (χ1) is 10.1. The van der Waals surface area contributed by atoms with E-state index in [9.17, 15) is 4.79 Å². The molecule has 1 heterocycles. The Morgan fingerprint density at radius 2 is 2.10 bits per heavy atom. The number of Topliss-reactive ketones (excluding diaryl/α,β-unsaturated/α-hetero) is 1. The van der Waals surface area contributed by atoms with Crippen LogP contribution in [0.4, 0.5) is 0 Å². The summed E-state index contributed by atoms with van der Waals surface area (Å²) in [7, 11) is 1.29. The second-order valence-electron chi connectivity index (χ2n) is 6.52. The fourth-order valence-electron chi connectivity index (χ4n) is 3.26. The number of ketones is 1. The molecular weight excluding hydrogens is 304 g/mol. The minimum absolute atomic E-state index is 0.103. The normalized spacial score (nSPS) is 28.0. The van der Waals surface area contributed by atoms with Gasteiger partial charge in [0.05, 0.1) is 0 Å². The van der Waals surface area contributed by atoms with Crippen molar-refractivity contribution in [2.24, 2.45) is 5.92 Å². The van der Waals surface area contributed by atoms with Gasteiger partial charge in [0.15, 0.2) is 11.6 Å². The van der Waals surface area contributed by atoms with Crippen molar-refractivity contribution in [3.8, 4) is 0 Å². The summed E-state index contributed by atoms with van der Waals surface area (Å²) in [5.41, 5.74) is 0.262. The minimum Gasteiger partial charge on any atom is -0.342 e. The molecule has 1 saturated carbocycles.